The van der Waals surface area contributed by atoms with Gasteiger partial charge >= 0.3 is 6.09 Å². The van der Waals surface area contributed by atoms with Gasteiger partial charge in [-0.1, -0.05) is 6.07 Å². The number of ketones is 1. The van der Waals surface area contributed by atoms with E-state index in [9.17, 15) is 18.8 Å². The molecule has 1 saturated heterocycles. The van der Waals surface area contributed by atoms with Crippen molar-refractivity contribution in [2.75, 3.05) is 13.1 Å². The molecular formula is C27H34FN3O4. The Bertz CT molecular complexity index is 1100. The lowest BCUT2D eigenvalue weighted by Gasteiger charge is -2.34. The molecule has 1 aromatic heterocycles. The number of nitrogens with one attached hydrogen (secondary N) is 1. The molecular weight excluding hydrogens is 449 g/mol. The van der Waals surface area contributed by atoms with Crippen molar-refractivity contribution < 1.29 is 23.5 Å². The maximum Gasteiger partial charge on any atom is 0.410 e. The number of hydrogen-bond acceptors (Lipinski definition) is 4. The average Bonchev–Trinajstić information content (AvgIpc) is 3.48. The molecule has 8 heteroatoms. The van der Waals surface area contributed by atoms with Crippen LogP contribution in [0.25, 0.3) is 5.69 Å². The molecule has 2 aromatic rings. The first-order chi connectivity index (χ1) is 16.6. The summed E-state index contributed by atoms with van der Waals surface area (Å²) in [5, 5.41) is 3.04. The van der Waals surface area contributed by atoms with Crippen LogP contribution in [0, 0.1) is 11.7 Å². The first-order valence-corrected chi connectivity index (χ1v) is 12.3. The van der Waals surface area contributed by atoms with Gasteiger partial charge in [-0.3, -0.25) is 9.59 Å². The zero-order valence-electron chi connectivity index (χ0n) is 20.7. The molecule has 7 nitrogen and oxygen atoms in total. The number of nitrogens with zero attached hydrogens (tertiary/aromatic N) is 2. The van der Waals surface area contributed by atoms with E-state index in [0.717, 1.165) is 25.7 Å². The third-order valence-corrected chi connectivity index (χ3v) is 6.27. The highest BCUT2D eigenvalue weighted by Crippen LogP contribution is 2.33. The van der Waals surface area contributed by atoms with Gasteiger partial charge in [-0.2, -0.15) is 0 Å². The SMILES string of the molecule is CC(C)(C)OC(=O)N1CCC[C@H](NC(=O)c2cn(-c3cccc(F)c3)cc2CC(=O)CC2CC2)C1. The van der Waals surface area contributed by atoms with Gasteiger partial charge in [0, 0.05) is 50.1 Å². The van der Waals surface area contributed by atoms with Crippen LogP contribution in [0.2, 0.25) is 0 Å². The van der Waals surface area contributed by atoms with Gasteiger partial charge in [0.15, 0.2) is 0 Å². The summed E-state index contributed by atoms with van der Waals surface area (Å²) in [5.41, 5.74) is 1.01. The molecule has 2 heterocycles. The maximum absolute atomic E-state index is 13.8. The van der Waals surface area contributed by atoms with Gasteiger partial charge in [-0.05, 0) is 76.1 Å². The van der Waals surface area contributed by atoms with E-state index in [-0.39, 0.29) is 36.1 Å². The lowest BCUT2D eigenvalue weighted by Crippen LogP contribution is -2.50. The van der Waals surface area contributed by atoms with Crippen LogP contribution in [0.3, 0.4) is 0 Å². The summed E-state index contributed by atoms with van der Waals surface area (Å²) in [6, 6.07) is 5.88. The van der Waals surface area contributed by atoms with E-state index in [1.807, 2.05) is 20.8 Å². The molecule has 1 N–H and O–H groups in total. The van der Waals surface area contributed by atoms with Crippen LogP contribution in [-0.2, 0) is 16.0 Å². The highest BCUT2D eigenvalue weighted by Gasteiger charge is 2.30. The number of piperidine rings is 1. The Hall–Kier alpha value is -3.16. The molecule has 2 aliphatic rings. The number of benzene rings is 1. The van der Waals surface area contributed by atoms with Crippen LogP contribution < -0.4 is 5.32 Å². The molecule has 1 aromatic carbocycles. The highest BCUT2D eigenvalue weighted by atomic mass is 19.1. The molecule has 2 fully saturated rings. The summed E-state index contributed by atoms with van der Waals surface area (Å²) in [6.45, 7) is 6.41. The fourth-order valence-electron chi connectivity index (χ4n) is 4.41. The van der Waals surface area contributed by atoms with E-state index < -0.39 is 5.60 Å². The Morgan fingerprint density at radius 1 is 1.14 bits per heavy atom. The predicted molar refractivity (Wildman–Crippen MR) is 130 cm³/mol. The number of Topliss-reactive ketones (excluding diaryl/α,β-unsaturated/α-hetero) is 1. The standard InChI is InChI=1S/C27H34FN3O4/c1-27(2,3)35-26(34)30-11-5-7-21(16-30)29-25(33)24-17-31(22-8-4-6-20(28)14-22)15-19(24)13-23(32)12-18-9-10-18/h4,6,8,14-15,17-18,21H,5,7,9-13,16H2,1-3H3,(H,29,33)/t21-/m0/s1. The monoisotopic (exact) mass is 483 g/mol. The zero-order valence-corrected chi connectivity index (χ0v) is 20.7. The third-order valence-electron chi connectivity index (χ3n) is 6.27. The number of hydrogen-bond donors (Lipinski definition) is 1. The van der Waals surface area contributed by atoms with Crippen molar-refractivity contribution in [1.29, 1.82) is 0 Å². The average molecular weight is 484 g/mol. The van der Waals surface area contributed by atoms with Crippen molar-refractivity contribution in [3.05, 3.63) is 53.6 Å². The van der Waals surface area contributed by atoms with Crippen LogP contribution in [0.15, 0.2) is 36.7 Å². The number of halogens is 1. The van der Waals surface area contributed by atoms with Crippen molar-refractivity contribution in [3.63, 3.8) is 0 Å². The van der Waals surface area contributed by atoms with E-state index in [2.05, 4.69) is 5.32 Å². The number of carbonyl (C=O) groups is 3. The summed E-state index contributed by atoms with van der Waals surface area (Å²) < 4.78 is 21.0. The Kier molecular flexibility index (Phi) is 7.28. The van der Waals surface area contributed by atoms with Crippen LogP contribution in [0.1, 0.15) is 68.8 Å². The van der Waals surface area contributed by atoms with Crippen LogP contribution in [0.4, 0.5) is 9.18 Å². The molecule has 1 aliphatic heterocycles. The quantitative estimate of drug-likeness (QED) is 0.621. The lowest BCUT2D eigenvalue weighted by molar-refractivity contribution is -0.118. The molecule has 4 rings (SSSR count). The fraction of sp³-hybridized carbons (Fsp3) is 0.519. The molecule has 188 valence electrons. The molecule has 0 spiro atoms. The molecule has 1 saturated carbocycles. The molecule has 1 aliphatic carbocycles. The fourth-order valence-corrected chi connectivity index (χ4v) is 4.41. The zero-order chi connectivity index (χ0) is 25.2. The second-order valence-corrected chi connectivity index (χ2v) is 10.7. The van der Waals surface area contributed by atoms with E-state index in [4.69, 9.17) is 4.74 Å². The smallest absolute Gasteiger partial charge is 0.410 e. The number of amides is 2. The third kappa shape index (κ3) is 6.93. The summed E-state index contributed by atoms with van der Waals surface area (Å²) in [4.78, 5) is 40.0. The van der Waals surface area contributed by atoms with Crippen LogP contribution in [-0.4, -0.2) is 52.0 Å². The first kappa shape index (κ1) is 24.9. The second kappa shape index (κ2) is 10.2. The number of likely N-dealkylation sites (tertiary alicyclic amines) is 1. The Morgan fingerprint density at radius 3 is 2.60 bits per heavy atom. The van der Waals surface area contributed by atoms with E-state index >= 15 is 0 Å². The number of carbonyl (C=O) groups excluding carboxylic acids is 3. The van der Waals surface area contributed by atoms with Crippen molar-refractivity contribution in [3.8, 4) is 5.69 Å². The Morgan fingerprint density at radius 2 is 1.91 bits per heavy atom. The molecule has 0 radical (unpaired) electrons. The summed E-state index contributed by atoms with van der Waals surface area (Å²) in [6.07, 6.45) is 7.35. The van der Waals surface area contributed by atoms with Crippen molar-refractivity contribution in [2.24, 2.45) is 5.92 Å². The van der Waals surface area contributed by atoms with E-state index in [1.54, 1.807) is 34.0 Å². The number of rotatable bonds is 7. The van der Waals surface area contributed by atoms with Gasteiger partial charge in [-0.25, -0.2) is 9.18 Å². The van der Waals surface area contributed by atoms with Crippen molar-refractivity contribution >= 4 is 17.8 Å². The van der Waals surface area contributed by atoms with Gasteiger partial charge < -0.3 is 19.5 Å². The molecule has 35 heavy (non-hydrogen) atoms. The topological polar surface area (TPSA) is 80.6 Å². The largest absolute Gasteiger partial charge is 0.444 e. The first-order valence-electron chi connectivity index (χ1n) is 12.3. The highest BCUT2D eigenvalue weighted by molar-refractivity contribution is 5.97. The van der Waals surface area contributed by atoms with Crippen molar-refractivity contribution in [1.82, 2.24) is 14.8 Å². The normalized spacial score (nSPS) is 18.3. The molecule has 2 amide bonds. The lowest BCUT2D eigenvalue weighted by atomic mass is 10.0. The van der Waals surface area contributed by atoms with Crippen LogP contribution in [0.5, 0.6) is 0 Å². The summed E-state index contributed by atoms with van der Waals surface area (Å²) in [7, 11) is 0. The predicted octanol–water partition coefficient (Wildman–Crippen LogP) is 4.66. The minimum Gasteiger partial charge on any atom is -0.444 e. The maximum atomic E-state index is 13.8. The van der Waals surface area contributed by atoms with Gasteiger partial charge in [0.1, 0.15) is 17.2 Å². The minimum atomic E-state index is -0.588. The Balaban J connectivity index is 1.50. The molecule has 0 unspecified atom stereocenters. The summed E-state index contributed by atoms with van der Waals surface area (Å²) in [5.74, 6) is -0.109. The molecule has 1 atom stereocenters. The van der Waals surface area contributed by atoms with Crippen LogP contribution >= 0.6 is 0 Å². The van der Waals surface area contributed by atoms with Gasteiger partial charge in [0.25, 0.3) is 5.91 Å². The van der Waals surface area contributed by atoms with Gasteiger partial charge in [0.2, 0.25) is 0 Å². The van der Waals surface area contributed by atoms with Crippen molar-refractivity contribution in [2.45, 2.75) is 70.9 Å². The summed E-state index contributed by atoms with van der Waals surface area (Å²) >= 11 is 0. The Labute approximate surface area is 205 Å². The van der Waals surface area contributed by atoms with E-state index in [0.29, 0.717) is 42.2 Å². The second-order valence-electron chi connectivity index (χ2n) is 10.7. The molecule has 0 bridgehead atoms. The van der Waals surface area contributed by atoms with Gasteiger partial charge in [-0.15, -0.1) is 0 Å². The number of ether oxygens (including phenoxy) is 1. The number of aromatic nitrogens is 1. The minimum absolute atomic E-state index is 0.104. The van der Waals surface area contributed by atoms with E-state index in [1.165, 1.54) is 12.1 Å². The van der Waals surface area contributed by atoms with Gasteiger partial charge in [0.05, 0.1) is 5.56 Å².